The van der Waals surface area contributed by atoms with Crippen LogP contribution >= 0.6 is 0 Å². The standard InChI is InChI=1S/C16H21N3O/c1-2-20-14-9-7-12(8-10-14)16-15(17)11-19(18-16)13-5-3-4-6-13/h7-11,13H,2-6,17H2,1H3. The summed E-state index contributed by atoms with van der Waals surface area (Å²) >= 11 is 0. The lowest BCUT2D eigenvalue weighted by atomic mass is 10.1. The van der Waals surface area contributed by atoms with Crippen LogP contribution < -0.4 is 10.5 Å². The van der Waals surface area contributed by atoms with Crippen LogP contribution in [0.1, 0.15) is 38.6 Å². The highest BCUT2D eigenvalue weighted by atomic mass is 16.5. The van der Waals surface area contributed by atoms with Crippen molar-refractivity contribution in [3.63, 3.8) is 0 Å². The van der Waals surface area contributed by atoms with Crippen molar-refractivity contribution in [1.82, 2.24) is 9.78 Å². The minimum absolute atomic E-state index is 0.522. The number of hydrogen-bond acceptors (Lipinski definition) is 3. The van der Waals surface area contributed by atoms with Crippen molar-refractivity contribution in [2.45, 2.75) is 38.6 Å². The fraction of sp³-hybridized carbons (Fsp3) is 0.438. The Balaban J connectivity index is 1.85. The second-order valence-corrected chi connectivity index (χ2v) is 5.31. The van der Waals surface area contributed by atoms with Gasteiger partial charge in [-0.25, -0.2) is 0 Å². The van der Waals surface area contributed by atoms with Gasteiger partial charge in [-0.1, -0.05) is 12.8 Å². The number of benzene rings is 1. The summed E-state index contributed by atoms with van der Waals surface area (Å²) in [5.74, 6) is 0.880. The van der Waals surface area contributed by atoms with E-state index in [1.165, 1.54) is 25.7 Å². The van der Waals surface area contributed by atoms with Crippen molar-refractivity contribution in [2.24, 2.45) is 0 Å². The number of nitrogens with zero attached hydrogens (tertiary/aromatic N) is 2. The number of anilines is 1. The van der Waals surface area contributed by atoms with Crippen LogP contribution in [0.25, 0.3) is 11.3 Å². The highest BCUT2D eigenvalue weighted by molar-refractivity contribution is 5.72. The molecular weight excluding hydrogens is 250 g/mol. The minimum Gasteiger partial charge on any atom is -0.494 e. The molecule has 3 rings (SSSR count). The zero-order valence-electron chi connectivity index (χ0n) is 11.9. The number of nitrogen functional groups attached to an aromatic ring is 1. The monoisotopic (exact) mass is 271 g/mol. The Bertz CT molecular complexity index is 568. The molecule has 0 spiro atoms. The predicted molar refractivity (Wildman–Crippen MR) is 80.7 cm³/mol. The van der Waals surface area contributed by atoms with E-state index in [-0.39, 0.29) is 0 Å². The molecule has 1 aliphatic rings. The molecule has 1 aromatic heterocycles. The van der Waals surface area contributed by atoms with E-state index in [1.807, 2.05) is 42.1 Å². The van der Waals surface area contributed by atoms with Gasteiger partial charge in [-0.05, 0) is 44.0 Å². The van der Waals surface area contributed by atoms with Gasteiger partial charge in [-0.2, -0.15) is 5.10 Å². The lowest BCUT2D eigenvalue weighted by molar-refractivity contribution is 0.340. The van der Waals surface area contributed by atoms with Crippen LogP contribution in [-0.2, 0) is 0 Å². The van der Waals surface area contributed by atoms with Crippen LogP contribution in [0, 0.1) is 0 Å². The maximum atomic E-state index is 6.12. The molecule has 1 fully saturated rings. The molecule has 20 heavy (non-hydrogen) atoms. The van der Waals surface area contributed by atoms with Gasteiger partial charge >= 0.3 is 0 Å². The van der Waals surface area contributed by atoms with Crippen molar-refractivity contribution in [3.05, 3.63) is 30.5 Å². The van der Waals surface area contributed by atoms with Crippen molar-refractivity contribution in [1.29, 1.82) is 0 Å². The molecule has 1 aliphatic carbocycles. The first-order valence-corrected chi connectivity index (χ1v) is 7.36. The van der Waals surface area contributed by atoms with Crippen molar-refractivity contribution >= 4 is 5.69 Å². The van der Waals surface area contributed by atoms with E-state index >= 15 is 0 Å². The molecule has 106 valence electrons. The summed E-state index contributed by atoms with van der Waals surface area (Å²) in [7, 11) is 0. The Labute approximate surface area is 119 Å². The Morgan fingerprint density at radius 2 is 1.95 bits per heavy atom. The lowest BCUT2D eigenvalue weighted by Gasteiger charge is -2.08. The number of hydrogen-bond donors (Lipinski definition) is 1. The van der Waals surface area contributed by atoms with E-state index in [2.05, 4.69) is 5.10 Å². The molecule has 4 nitrogen and oxygen atoms in total. The van der Waals surface area contributed by atoms with Gasteiger partial charge in [-0.3, -0.25) is 4.68 Å². The molecule has 1 saturated carbocycles. The van der Waals surface area contributed by atoms with Gasteiger partial charge in [0.25, 0.3) is 0 Å². The fourth-order valence-corrected chi connectivity index (χ4v) is 2.86. The van der Waals surface area contributed by atoms with E-state index in [4.69, 9.17) is 10.5 Å². The van der Waals surface area contributed by atoms with Gasteiger partial charge < -0.3 is 10.5 Å². The average Bonchev–Trinajstić information content (AvgIpc) is 3.09. The molecule has 2 aromatic rings. The summed E-state index contributed by atoms with van der Waals surface area (Å²) in [5.41, 5.74) is 8.79. The second-order valence-electron chi connectivity index (χ2n) is 5.31. The third-order valence-electron chi connectivity index (χ3n) is 3.90. The van der Waals surface area contributed by atoms with Gasteiger partial charge in [0.2, 0.25) is 0 Å². The Morgan fingerprint density at radius 3 is 2.60 bits per heavy atom. The SMILES string of the molecule is CCOc1ccc(-c2nn(C3CCCC3)cc2N)cc1. The van der Waals surface area contributed by atoms with Crippen LogP contribution in [-0.4, -0.2) is 16.4 Å². The zero-order chi connectivity index (χ0) is 13.9. The van der Waals surface area contributed by atoms with E-state index in [0.29, 0.717) is 12.6 Å². The third-order valence-corrected chi connectivity index (χ3v) is 3.90. The maximum Gasteiger partial charge on any atom is 0.119 e. The largest absolute Gasteiger partial charge is 0.494 e. The third kappa shape index (κ3) is 2.50. The second kappa shape index (κ2) is 5.57. The van der Waals surface area contributed by atoms with Gasteiger partial charge in [0.15, 0.2) is 0 Å². The average molecular weight is 271 g/mol. The number of aromatic nitrogens is 2. The topological polar surface area (TPSA) is 53.1 Å². The lowest BCUT2D eigenvalue weighted by Crippen LogP contribution is -2.04. The summed E-state index contributed by atoms with van der Waals surface area (Å²) in [6, 6.07) is 8.49. The number of ether oxygens (including phenoxy) is 1. The molecule has 2 N–H and O–H groups in total. The summed E-state index contributed by atoms with van der Waals surface area (Å²) in [6.07, 6.45) is 6.99. The molecule has 0 bridgehead atoms. The zero-order valence-corrected chi connectivity index (χ0v) is 11.9. The first kappa shape index (κ1) is 13.0. The summed E-state index contributed by atoms with van der Waals surface area (Å²) < 4.78 is 7.51. The molecule has 1 aromatic carbocycles. The fourth-order valence-electron chi connectivity index (χ4n) is 2.86. The highest BCUT2D eigenvalue weighted by Gasteiger charge is 2.19. The molecule has 0 radical (unpaired) electrons. The summed E-state index contributed by atoms with van der Waals surface area (Å²) in [6.45, 7) is 2.66. The van der Waals surface area contributed by atoms with Crippen LogP contribution in [0.4, 0.5) is 5.69 Å². The van der Waals surface area contributed by atoms with Crippen molar-refractivity contribution in [3.8, 4) is 17.0 Å². The Hall–Kier alpha value is -1.97. The predicted octanol–water partition coefficient (Wildman–Crippen LogP) is 3.65. The van der Waals surface area contributed by atoms with Crippen LogP contribution in [0.5, 0.6) is 5.75 Å². The molecule has 0 amide bonds. The summed E-state index contributed by atoms with van der Waals surface area (Å²) in [4.78, 5) is 0. The Kier molecular flexibility index (Phi) is 3.63. The van der Waals surface area contributed by atoms with E-state index in [0.717, 1.165) is 22.7 Å². The highest BCUT2D eigenvalue weighted by Crippen LogP contribution is 2.32. The minimum atomic E-state index is 0.522. The number of rotatable bonds is 4. The molecule has 0 aliphatic heterocycles. The maximum absolute atomic E-state index is 6.12. The van der Waals surface area contributed by atoms with Gasteiger partial charge in [0.05, 0.1) is 18.3 Å². The molecular formula is C16H21N3O. The van der Waals surface area contributed by atoms with E-state index in [9.17, 15) is 0 Å². The molecule has 1 heterocycles. The van der Waals surface area contributed by atoms with Crippen LogP contribution in [0.2, 0.25) is 0 Å². The van der Waals surface area contributed by atoms with Crippen molar-refractivity contribution < 1.29 is 4.74 Å². The molecule has 0 unspecified atom stereocenters. The smallest absolute Gasteiger partial charge is 0.119 e. The normalized spacial score (nSPS) is 15.7. The Morgan fingerprint density at radius 1 is 1.25 bits per heavy atom. The first-order chi connectivity index (χ1) is 9.78. The van der Waals surface area contributed by atoms with E-state index < -0.39 is 0 Å². The van der Waals surface area contributed by atoms with E-state index in [1.54, 1.807) is 0 Å². The molecule has 0 saturated heterocycles. The number of nitrogens with two attached hydrogens (primary N) is 1. The summed E-state index contributed by atoms with van der Waals surface area (Å²) in [5, 5.41) is 4.69. The van der Waals surface area contributed by atoms with Crippen molar-refractivity contribution in [2.75, 3.05) is 12.3 Å². The first-order valence-electron chi connectivity index (χ1n) is 7.36. The van der Waals surface area contributed by atoms with Crippen LogP contribution in [0.15, 0.2) is 30.5 Å². The van der Waals surface area contributed by atoms with Gasteiger partial charge in [-0.15, -0.1) is 0 Å². The molecule has 4 heteroatoms. The quantitative estimate of drug-likeness (QED) is 0.923. The van der Waals surface area contributed by atoms with Gasteiger partial charge in [0, 0.05) is 11.8 Å². The van der Waals surface area contributed by atoms with Gasteiger partial charge in [0.1, 0.15) is 11.4 Å². The molecule has 0 atom stereocenters. The van der Waals surface area contributed by atoms with Crippen LogP contribution in [0.3, 0.4) is 0 Å².